The van der Waals surface area contributed by atoms with Crippen molar-refractivity contribution in [3.63, 3.8) is 0 Å². The van der Waals surface area contributed by atoms with Crippen LogP contribution in [0.15, 0.2) is 42.5 Å². The monoisotopic (exact) mass is 276 g/mol. The van der Waals surface area contributed by atoms with Crippen molar-refractivity contribution >= 4 is 0 Å². The molecule has 0 saturated heterocycles. The predicted molar refractivity (Wildman–Crippen MR) is 75.6 cm³/mol. The highest BCUT2D eigenvalue weighted by atomic mass is 19.1. The van der Waals surface area contributed by atoms with Crippen molar-refractivity contribution in [1.29, 1.82) is 0 Å². The van der Waals surface area contributed by atoms with Crippen LogP contribution in [0.4, 0.5) is 8.78 Å². The quantitative estimate of drug-likeness (QED) is 0.884. The molecule has 0 spiro atoms. The van der Waals surface area contributed by atoms with Crippen LogP contribution >= 0.6 is 0 Å². The van der Waals surface area contributed by atoms with E-state index in [0.29, 0.717) is 11.5 Å². The van der Waals surface area contributed by atoms with Crippen molar-refractivity contribution in [2.24, 2.45) is 0 Å². The molecule has 0 heterocycles. The lowest BCUT2D eigenvalue weighted by Gasteiger charge is -2.25. The Hall–Kier alpha value is -1.74. The highest BCUT2D eigenvalue weighted by Gasteiger charge is 2.26. The molecule has 3 heteroatoms. The van der Waals surface area contributed by atoms with Gasteiger partial charge in [0.25, 0.3) is 0 Å². The molecule has 1 nitrogen and oxygen atoms in total. The average molecular weight is 276 g/mol. The van der Waals surface area contributed by atoms with Crippen LogP contribution in [0, 0.1) is 11.6 Å². The van der Waals surface area contributed by atoms with E-state index in [1.807, 2.05) is 12.1 Å². The highest BCUT2D eigenvalue weighted by molar-refractivity contribution is 5.37. The Labute approximate surface area is 117 Å². The largest absolute Gasteiger partial charge is 0.381 e. The van der Waals surface area contributed by atoms with E-state index in [0.717, 1.165) is 23.8 Å². The van der Waals surface area contributed by atoms with Crippen LogP contribution in [0.1, 0.15) is 43.4 Å². The van der Waals surface area contributed by atoms with Gasteiger partial charge in [0.15, 0.2) is 0 Å². The molecule has 20 heavy (non-hydrogen) atoms. The van der Waals surface area contributed by atoms with Crippen LogP contribution in [0.3, 0.4) is 0 Å². The maximum atomic E-state index is 13.3. The lowest BCUT2D eigenvalue weighted by molar-refractivity contribution is 0.101. The van der Waals surface area contributed by atoms with Gasteiger partial charge in [-0.2, -0.15) is 0 Å². The SMILES string of the molecule is CC(C)c1ccc(C(C)(O)c2cc(F)cc(F)c2)cc1. The minimum Gasteiger partial charge on any atom is -0.381 e. The second-order valence-electron chi connectivity index (χ2n) is 5.51. The molecule has 2 aromatic rings. The van der Waals surface area contributed by atoms with Gasteiger partial charge in [0.05, 0.1) is 0 Å². The third-order valence-electron chi connectivity index (χ3n) is 3.56. The van der Waals surface area contributed by atoms with Crippen LogP contribution in [0.25, 0.3) is 0 Å². The molecule has 0 radical (unpaired) electrons. The predicted octanol–water partition coefficient (Wildman–Crippen LogP) is 4.34. The molecule has 0 aliphatic rings. The van der Waals surface area contributed by atoms with E-state index >= 15 is 0 Å². The normalized spacial score (nSPS) is 14.3. The molecule has 0 aliphatic carbocycles. The summed E-state index contributed by atoms with van der Waals surface area (Å²) in [6.07, 6.45) is 0. The molecule has 106 valence electrons. The maximum Gasteiger partial charge on any atom is 0.126 e. The minimum atomic E-state index is -1.43. The summed E-state index contributed by atoms with van der Waals surface area (Å²) in [6.45, 7) is 5.69. The van der Waals surface area contributed by atoms with Gasteiger partial charge in [0.2, 0.25) is 0 Å². The Balaban J connectivity index is 2.43. The maximum absolute atomic E-state index is 13.3. The average Bonchev–Trinajstić information content (AvgIpc) is 2.37. The summed E-state index contributed by atoms with van der Waals surface area (Å²) in [5, 5.41) is 10.6. The number of halogens is 2. The van der Waals surface area contributed by atoms with Crippen LogP contribution in [-0.4, -0.2) is 5.11 Å². The van der Waals surface area contributed by atoms with Gasteiger partial charge in [0.1, 0.15) is 17.2 Å². The van der Waals surface area contributed by atoms with Crippen molar-refractivity contribution in [1.82, 2.24) is 0 Å². The van der Waals surface area contributed by atoms with E-state index in [9.17, 15) is 13.9 Å². The summed E-state index contributed by atoms with van der Waals surface area (Å²) >= 11 is 0. The van der Waals surface area contributed by atoms with E-state index in [1.165, 1.54) is 6.92 Å². The van der Waals surface area contributed by atoms with Crippen LogP contribution < -0.4 is 0 Å². The summed E-state index contributed by atoms with van der Waals surface area (Å²) in [6, 6.07) is 10.5. The zero-order chi connectivity index (χ0) is 14.9. The summed E-state index contributed by atoms with van der Waals surface area (Å²) in [7, 11) is 0. The Morgan fingerprint density at radius 1 is 0.900 bits per heavy atom. The lowest BCUT2D eigenvalue weighted by atomic mass is 9.87. The molecule has 2 rings (SSSR count). The first-order chi connectivity index (χ1) is 9.30. The van der Waals surface area contributed by atoms with Crippen LogP contribution in [-0.2, 0) is 5.60 Å². The van der Waals surface area contributed by atoms with E-state index in [4.69, 9.17) is 0 Å². The van der Waals surface area contributed by atoms with Gasteiger partial charge < -0.3 is 5.11 Å². The fourth-order valence-corrected chi connectivity index (χ4v) is 2.19. The van der Waals surface area contributed by atoms with Crippen LogP contribution in [0.2, 0.25) is 0 Å². The summed E-state index contributed by atoms with van der Waals surface area (Å²) < 4.78 is 26.6. The van der Waals surface area contributed by atoms with Gasteiger partial charge >= 0.3 is 0 Å². The van der Waals surface area contributed by atoms with Gasteiger partial charge in [-0.15, -0.1) is 0 Å². The Morgan fingerprint density at radius 3 is 1.85 bits per heavy atom. The van der Waals surface area contributed by atoms with Crippen molar-refractivity contribution in [3.8, 4) is 0 Å². The molecule has 2 aromatic carbocycles. The molecule has 0 aliphatic heterocycles. The number of aliphatic hydroxyl groups is 1. The van der Waals surface area contributed by atoms with Crippen molar-refractivity contribution in [2.75, 3.05) is 0 Å². The lowest BCUT2D eigenvalue weighted by Crippen LogP contribution is -2.23. The van der Waals surface area contributed by atoms with Crippen molar-refractivity contribution in [2.45, 2.75) is 32.3 Å². The van der Waals surface area contributed by atoms with Gasteiger partial charge in [0, 0.05) is 6.07 Å². The fraction of sp³-hybridized carbons (Fsp3) is 0.294. The molecule has 0 fully saturated rings. The molecule has 1 N–H and O–H groups in total. The standard InChI is InChI=1S/C17H18F2O/c1-11(2)12-4-6-13(7-5-12)17(3,20)14-8-15(18)10-16(19)9-14/h4-11,20H,1-3H3. The number of hydrogen-bond donors (Lipinski definition) is 1. The molecule has 0 bridgehead atoms. The van der Waals surface area contributed by atoms with Crippen molar-refractivity contribution < 1.29 is 13.9 Å². The second-order valence-corrected chi connectivity index (χ2v) is 5.51. The Morgan fingerprint density at radius 2 is 1.40 bits per heavy atom. The molecule has 0 aromatic heterocycles. The molecule has 1 unspecified atom stereocenters. The highest BCUT2D eigenvalue weighted by Crippen LogP contribution is 2.31. The van der Waals surface area contributed by atoms with Gasteiger partial charge in [-0.1, -0.05) is 38.1 Å². The number of benzene rings is 2. The number of rotatable bonds is 3. The Bertz CT molecular complexity index is 581. The molecule has 0 saturated carbocycles. The zero-order valence-corrected chi connectivity index (χ0v) is 11.8. The first kappa shape index (κ1) is 14.7. The van der Waals surface area contributed by atoms with Gasteiger partial charge in [-0.25, -0.2) is 8.78 Å². The Kier molecular flexibility index (Phi) is 3.91. The first-order valence-corrected chi connectivity index (χ1v) is 6.60. The number of hydrogen-bond acceptors (Lipinski definition) is 1. The summed E-state index contributed by atoms with van der Waals surface area (Å²) in [5.41, 5.74) is 0.521. The zero-order valence-electron chi connectivity index (χ0n) is 11.8. The smallest absolute Gasteiger partial charge is 0.126 e. The summed E-state index contributed by atoms with van der Waals surface area (Å²) in [5.74, 6) is -1.00. The topological polar surface area (TPSA) is 20.2 Å². The van der Waals surface area contributed by atoms with E-state index in [-0.39, 0.29) is 5.56 Å². The van der Waals surface area contributed by atoms with Crippen molar-refractivity contribution in [3.05, 3.63) is 70.8 Å². The summed E-state index contributed by atoms with van der Waals surface area (Å²) in [4.78, 5) is 0. The van der Waals surface area contributed by atoms with E-state index in [2.05, 4.69) is 13.8 Å². The van der Waals surface area contributed by atoms with E-state index < -0.39 is 17.2 Å². The van der Waals surface area contributed by atoms with Gasteiger partial charge in [-0.05, 0) is 41.7 Å². The molecule has 1 atom stereocenters. The van der Waals surface area contributed by atoms with Gasteiger partial charge in [-0.3, -0.25) is 0 Å². The fourth-order valence-electron chi connectivity index (χ4n) is 2.19. The third kappa shape index (κ3) is 2.88. The molecular formula is C17H18F2O. The molecule has 0 amide bonds. The molecular weight excluding hydrogens is 258 g/mol. The van der Waals surface area contributed by atoms with E-state index in [1.54, 1.807) is 12.1 Å². The minimum absolute atomic E-state index is 0.201. The second kappa shape index (κ2) is 5.33. The third-order valence-corrected chi connectivity index (χ3v) is 3.56. The first-order valence-electron chi connectivity index (χ1n) is 6.60. The van der Waals surface area contributed by atoms with Crippen LogP contribution in [0.5, 0.6) is 0 Å².